The summed E-state index contributed by atoms with van der Waals surface area (Å²) in [6, 6.07) is 4.29. The maximum Gasteiger partial charge on any atom is 0.0957 e. The molecule has 0 spiro atoms. The van der Waals surface area contributed by atoms with E-state index in [0.717, 1.165) is 29.4 Å². The highest BCUT2D eigenvalue weighted by Crippen LogP contribution is 2.30. The van der Waals surface area contributed by atoms with Crippen LogP contribution in [0.15, 0.2) is 16.6 Å². The van der Waals surface area contributed by atoms with Gasteiger partial charge in [0.2, 0.25) is 0 Å². The van der Waals surface area contributed by atoms with Crippen LogP contribution in [0, 0.1) is 6.92 Å². The largest absolute Gasteiger partial charge is 0.330 e. The molecule has 1 heterocycles. The lowest BCUT2D eigenvalue weighted by molar-refractivity contribution is 0.828. The Bertz CT molecular complexity index is 479. The summed E-state index contributed by atoms with van der Waals surface area (Å²) in [7, 11) is 0. The molecule has 0 aliphatic rings. The highest BCUT2D eigenvalue weighted by atomic mass is 79.9. The van der Waals surface area contributed by atoms with Crippen molar-refractivity contribution < 1.29 is 0 Å². The number of fused-ring (bicyclic) bond motifs is 1. The third kappa shape index (κ3) is 2.38. The van der Waals surface area contributed by atoms with Gasteiger partial charge in [0.05, 0.1) is 15.2 Å². The summed E-state index contributed by atoms with van der Waals surface area (Å²) in [5.74, 6) is 0. The first-order chi connectivity index (χ1) is 7.20. The lowest BCUT2D eigenvalue weighted by atomic mass is 10.2. The summed E-state index contributed by atoms with van der Waals surface area (Å²) < 4.78 is 2.35. The number of nitrogens with two attached hydrogens (primary N) is 1. The minimum Gasteiger partial charge on any atom is -0.330 e. The predicted molar refractivity (Wildman–Crippen MR) is 69.4 cm³/mol. The molecule has 80 valence electrons. The highest BCUT2D eigenvalue weighted by molar-refractivity contribution is 9.10. The Morgan fingerprint density at radius 3 is 3.00 bits per heavy atom. The van der Waals surface area contributed by atoms with E-state index in [9.17, 15) is 0 Å². The van der Waals surface area contributed by atoms with E-state index in [2.05, 4.69) is 40.0 Å². The predicted octanol–water partition coefficient (Wildman–Crippen LogP) is 3.26. The summed E-state index contributed by atoms with van der Waals surface area (Å²) in [4.78, 5) is 4.61. The van der Waals surface area contributed by atoms with Gasteiger partial charge in [-0.1, -0.05) is 0 Å². The van der Waals surface area contributed by atoms with Crippen molar-refractivity contribution in [2.75, 3.05) is 6.54 Å². The number of benzene rings is 1. The molecule has 0 bridgehead atoms. The summed E-state index contributed by atoms with van der Waals surface area (Å²) in [5, 5.41) is 1.18. The minimum atomic E-state index is 0.732. The van der Waals surface area contributed by atoms with E-state index in [1.54, 1.807) is 11.3 Å². The second kappa shape index (κ2) is 4.60. The third-order valence-corrected chi connectivity index (χ3v) is 3.90. The fourth-order valence-corrected chi connectivity index (χ4v) is 3.45. The summed E-state index contributed by atoms with van der Waals surface area (Å²) in [6.07, 6.45) is 2.00. The molecule has 0 saturated carbocycles. The van der Waals surface area contributed by atoms with Crippen molar-refractivity contribution in [2.45, 2.75) is 19.8 Å². The third-order valence-electron chi connectivity index (χ3n) is 2.23. The van der Waals surface area contributed by atoms with Crippen LogP contribution < -0.4 is 5.73 Å². The van der Waals surface area contributed by atoms with Gasteiger partial charge in [0.25, 0.3) is 0 Å². The van der Waals surface area contributed by atoms with Crippen molar-refractivity contribution >= 4 is 37.5 Å². The maximum atomic E-state index is 5.49. The average Bonchev–Trinajstić information content (AvgIpc) is 2.57. The topological polar surface area (TPSA) is 38.9 Å². The van der Waals surface area contributed by atoms with Gasteiger partial charge in [-0.15, -0.1) is 11.3 Å². The molecule has 4 heteroatoms. The number of aromatic nitrogens is 1. The van der Waals surface area contributed by atoms with Gasteiger partial charge >= 0.3 is 0 Å². The Kier molecular flexibility index (Phi) is 3.38. The lowest BCUT2D eigenvalue weighted by Gasteiger charge is -1.94. The summed E-state index contributed by atoms with van der Waals surface area (Å²) in [5.41, 5.74) is 7.84. The lowest BCUT2D eigenvalue weighted by Crippen LogP contribution is -1.99. The van der Waals surface area contributed by atoms with Crippen LogP contribution in [-0.2, 0) is 6.42 Å². The first-order valence-corrected chi connectivity index (χ1v) is 6.57. The number of nitrogens with zero attached hydrogens (tertiary/aromatic N) is 1. The van der Waals surface area contributed by atoms with Crippen LogP contribution in [0.1, 0.15) is 17.0 Å². The molecule has 2 aromatic rings. The molecule has 0 atom stereocenters. The highest BCUT2D eigenvalue weighted by Gasteiger charge is 2.07. The summed E-state index contributed by atoms with van der Waals surface area (Å²) in [6.45, 7) is 2.83. The normalized spacial score (nSPS) is 11.1. The van der Waals surface area contributed by atoms with Crippen LogP contribution in [-0.4, -0.2) is 11.5 Å². The second-order valence-electron chi connectivity index (χ2n) is 3.59. The standard InChI is InChI=1S/C11H13BrN2S/c1-7-5-8(12)11-9(6-7)15-10(14-11)3-2-4-13/h5-6H,2-4,13H2,1H3. The first kappa shape index (κ1) is 11.0. The Labute approximate surface area is 102 Å². The van der Waals surface area contributed by atoms with Crippen LogP contribution in [0.3, 0.4) is 0 Å². The number of hydrogen-bond donors (Lipinski definition) is 1. The van der Waals surface area contributed by atoms with Gasteiger partial charge < -0.3 is 5.73 Å². The molecule has 0 saturated heterocycles. The maximum absolute atomic E-state index is 5.49. The van der Waals surface area contributed by atoms with Crippen molar-refractivity contribution in [3.8, 4) is 0 Å². The van der Waals surface area contributed by atoms with E-state index in [4.69, 9.17) is 5.73 Å². The molecule has 2 N–H and O–H groups in total. The fourth-order valence-electron chi connectivity index (χ4n) is 1.52. The molecule has 1 aromatic heterocycles. The van der Waals surface area contributed by atoms with Crippen molar-refractivity contribution in [1.82, 2.24) is 4.98 Å². The second-order valence-corrected chi connectivity index (χ2v) is 5.56. The van der Waals surface area contributed by atoms with Crippen molar-refractivity contribution in [3.63, 3.8) is 0 Å². The number of hydrogen-bond acceptors (Lipinski definition) is 3. The van der Waals surface area contributed by atoms with Gasteiger partial charge in [0.1, 0.15) is 0 Å². The zero-order valence-electron chi connectivity index (χ0n) is 8.59. The van der Waals surface area contributed by atoms with Gasteiger partial charge in [0, 0.05) is 10.9 Å². The average molecular weight is 285 g/mol. The number of thiazole rings is 1. The molecule has 0 fully saturated rings. The zero-order chi connectivity index (χ0) is 10.8. The monoisotopic (exact) mass is 284 g/mol. The van der Waals surface area contributed by atoms with Crippen LogP contribution in [0.25, 0.3) is 10.2 Å². The SMILES string of the molecule is Cc1cc(Br)c2nc(CCCN)sc2c1. The molecule has 0 radical (unpaired) electrons. The molecular formula is C11H13BrN2S. The number of aryl methyl sites for hydroxylation is 2. The fraction of sp³-hybridized carbons (Fsp3) is 0.364. The summed E-state index contributed by atoms with van der Waals surface area (Å²) >= 11 is 5.32. The van der Waals surface area contributed by atoms with Crippen molar-refractivity contribution in [1.29, 1.82) is 0 Å². The van der Waals surface area contributed by atoms with Gasteiger partial charge in [-0.25, -0.2) is 4.98 Å². The van der Waals surface area contributed by atoms with Crippen LogP contribution in [0.2, 0.25) is 0 Å². The van der Waals surface area contributed by atoms with Gasteiger partial charge in [-0.05, 0) is 53.5 Å². The molecule has 0 aliphatic carbocycles. The van der Waals surface area contributed by atoms with Crippen LogP contribution >= 0.6 is 27.3 Å². The minimum absolute atomic E-state index is 0.732. The Morgan fingerprint density at radius 2 is 2.27 bits per heavy atom. The molecule has 15 heavy (non-hydrogen) atoms. The van der Waals surface area contributed by atoms with E-state index >= 15 is 0 Å². The zero-order valence-corrected chi connectivity index (χ0v) is 11.0. The van der Waals surface area contributed by atoms with E-state index < -0.39 is 0 Å². The first-order valence-electron chi connectivity index (χ1n) is 4.96. The molecule has 0 unspecified atom stereocenters. The number of rotatable bonds is 3. The van der Waals surface area contributed by atoms with Crippen molar-refractivity contribution in [2.24, 2.45) is 5.73 Å². The molecule has 0 amide bonds. The molecule has 1 aromatic carbocycles. The molecule has 0 aliphatic heterocycles. The van der Waals surface area contributed by atoms with E-state index in [1.165, 1.54) is 15.3 Å². The Balaban J connectivity index is 2.41. The van der Waals surface area contributed by atoms with E-state index in [-0.39, 0.29) is 0 Å². The van der Waals surface area contributed by atoms with E-state index in [0.29, 0.717) is 0 Å². The molecule has 2 nitrogen and oxygen atoms in total. The molecule has 2 rings (SSSR count). The van der Waals surface area contributed by atoms with Gasteiger partial charge in [-0.2, -0.15) is 0 Å². The van der Waals surface area contributed by atoms with Gasteiger partial charge in [-0.3, -0.25) is 0 Å². The smallest absolute Gasteiger partial charge is 0.0957 e. The Morgan fingerprint density at radius 1 is 1.47 bits per heavy atom. The van der Waals surface area contributed by atoms with Gasteiger partial charge in [0.15, 0.2) is 0 Å². The van der Waals surface area contributed by atoms with E-state index in [1.807, 2.05) is 0 Å². The molecular weight excluding hydrogens is 272 g/mol. The Hall–Kier alpha value is -0.450. The van der Waals surface area contributed by atoms with Crippen molar-refractivity contribution in [3.05, 3.63) is 27.2 Å². The number of halogens is 1. The van der Waals surface area contributed by atoms with Crippen LogP contribution in [0.5, 0.6) is 0 Å². The quantitative estimate of drug-likeness (QED) is 0.940. The van der Waals surface area contributed by atoms with Crippen LogP contribution in [0.4, 0.5) is 0 Å².